The molecule has 3 rings (SSSR count). The lowest BCUT2D eigenvalue weighted by atomic mass is 9.84. The van der Waals surface area contributed by atoms with Crippen molar-refractivity contribution in [3.8, 4) is 11.5 Å². The molecule has 3 aromatic rings. The Morgan fingerprint density at radius 3 is 2.52 bits per heavy atom. The molecule has 0 aliphatic carbocycles. The first-order chi connectivity index (χ1) is 10.1. The molecule has 0 spiro atoms. The lowest BCUT2D eigenvalue weighted by Gasteiger charge is -2.20. The third kappa shape index (κ3) is 2.47. The summed E-state index contributed by atoms with van der Waals surface area (Å²) in [7, 11) is 0. The zero-order valence-electron chi connectivity index (χ0n) is 11.8. The first-order valence-corrected chi connectivity index (χ1v) is 6.54. The third-order valence-corrected chi connectivity index (χ3v) is 3.39. The highest BCUT2D eigenvalue weighted by atomic mass is 16.5. The Labute approximate surface area is 122 Å². The molecular weight excluding hydrogens is 266 g/mol. The van der Waals surface area contributed by atoms with Gasteiger partial charge in [-0.05, 0) is 31.5 Å². The molecule has 6 heteroatoms. The van der Waals surface area contributed by atoms with Crippen molar-refractivity contribution in [1.29, 1.82) is 0 Å². The van der Waals surface area contributed by atoms with E-state index in [9.17, 15) is 0 Å². The summed E-state index contributed by atoms with van der Waals surface area (Å²) in [6.07, 6.45) is 4.80. The van der Waals surface area contributed by atoms with Crippen LogP contribution in [0.15, 0.2) is 47.4 Å². The molecule has 2 aromatic heterocycles. The number of hydrogen-bond acceptors (Lipinski definition) is 6. The monoisotopic (exact) mass is 281 g/mol. The van der Waals surface area contributed by atoms with E-state index in [1.807, 2.05) is 38.1 Å². The van der Waals surface area contributed by atoms with E-state index in [0.29, 0.717) is 17.4 Å². The van der Waals surface area contributed by atoms with Crippen LogP contribution < -0.4 is 5.73 Å². The molecule has 0 atom stereocenters. The van der Waals surface area contributed by atoms with E-state index in [4.69, 9.17) is 10.3 Å². The van der Waals surface area contributed by atoms with E-state index < -0.39 is 5.41 Å². The van der Waals surface area contributed by atoms with Gasteiger partial charge < -0.3 is 10.3 Å². The Morgan fingerprint density at radius 2 is 1.86 bits per heavy atom. The summed E-state index contributed by atoms with van der Waals surface area (Å²) in [6, 6.07) is 7.64. The van der Waals surface area contributed by atoms with Gasteiger partial charge in [-0.1, -0.05) is 17.3 Å². The maximum atomic E-state index is 5.72. The second kappa shape index (κ2) is 4.97. The van der Waals surface area contributed by atoms with Gasteiger partial charge in [0.1, 0.15) is 5.69 Å². The summed E-state index contributed by atoms with van der Waals surface area (Å²) in [5.74, 6) is 0.953. The Morgan fingerprint density at radius 1 is 1.10 bits per heavy atom. The molecule has 0 bridgehead atoms. The molecule has 2 N–H and O–H groups in total. The Bertz CT molecular complexity index is 734. The van der Waals surface area contributed by atoms with Gasteiger partial charge in [-0.2, -0.15) is 4.98 Å². The fourth-order valence-electron chi connectivity index (χ4n) is 2.02. The van der Waals surface area contributed by atoms with Gasteiger partial charge in [0, 0.05) is 18.1 Å². The van der Waals surface area contributed by atoms with Gasteiger partial charge in [0.25, 0.3) is 0 Å². The van der Waals surface area contributed by atoms with Crippen LogP contribution >= 0.6 is 0 Å². The van der Waals surface area contributed by atoms with Gasteiger partial charge >= 0.3 is 0 Å². The van der Waals surface area contributed by atoms with Crippen LogP contribution in [0.1, 0.15) is 25.3 Å². The molecule has 21 heavy (non-hydrogen) atoms. The molecule has 0 unspecified atom stereocenters. The Kier molecular flexibility index (Phi) is 3.13. The van der Waals surface area contributed by atoms with Crippen molar-refractivity contribution in [3.05, 3.63) is 54.3 Å². The molecular formula is C15H15N5O. The molecule has 0 aliphatic rings. The molecule has 0 radical (unpaired) electrons. The molecule has 6 nitrogen and oxygen atoms in total. The molecule has 106 valence electrons. The van der Waals surface area contributed by atoms with E-state index in [0.717, 1.165) is 11.3 Å². The number of anilines is 1. The van der Waals surface area contributed by atoms with Gasteiger partial charge in [0.2, 0.25) is 11.7 Å². The minimum atomic E-state index is -0.416. The molecule has 1 aromatic carbocycles. The molecule has 0 aliphatic heterocycles. The molecule has 2 heterocycles. The number of hydrogen-bond donors (Lipinski definition) is 1. The van der Waals surface area contributed by atoms with Crippen LogP contribution in [0.2, 0.25) is 0 Å². The van der Waals surface area contributed by atoms with Crippen molar-refractivity contribution in [2.24, 2.45) is 0 Å². The quantitative estimate of drug-likeness (QED) is 0.741. The third-order valence-electron chi connectivity index (χ3n) is 3.39. The number of nitrogens with two attached hydrogens (primary N) is 1. The van der Waals surface area contributed by atoms with Crippen molar-refractivity contribution >= 4 is 5.69 Å². The van der Waals surface area contributed by atoms with Gasteiger partial charge in [-0.25, -0.2) is 4.98 Å². The van der Waals surface area contributed by atoms with Crippen LogP contribution in [0.25, 0.3) is 11.5 Å². The highest BCUT2D eigenvalue weighted by Gasteiger charge is 2.30. The molecule has 0 saturated heterocycles. The summed E-state index contributed by atoms with van der Waals surface area (Å²) < 4.78 is 5.41. The average Bonchev–Trinajstić information content (AvgIpc) is 2.99. The predicted molar refractivity (Wildman–Crippen MR) is 78.3 cm³/mol. The maximum Gasteiger partial charge on any atom is 0.237 e. The number of nitrogen functional groups attached to an aromatic ring is 1. The summed E-state index contributed by atoms with van der Waals surface area (Å²) in [4.78, 5) is 12.6. The lowest BCUT2D eigenvalue weighted by Crippen LogP contribution is -2.19. The van der Waals surface area contributed by atoms with Crippen molar-refractivity contribution in [2.45, 2.75) is 19.3 Å². The second-order valence-electron chi connectivity index (χ2n) is 5.26. The minimum Gasteiger partial charge on any atom is -0.399 e. The second-order valence-corrected chi connectivity index (χ2v) is 5.26. The molecule has 0 fully saturated rings. The summed E-state index contributed by atoms with van der Waals surface area (Å²) in [5.41, 5.74) is 7.66. The fourth-order valence-corrected chi connectivity index (χ4v) is 2.02. The van der Waals surface area contributed by atoms with Gasteiger partial charge in [0.15, 0.2) is 0 Å². The summed E-state index contributed by atoms with van der Waals surface area (Å²) in [5, 5.41) is 3.98. The van der Waals surface area contributed by atoms with Crippen LogP contribution in [-0.2, 0) is 5.41 Å². The largest absolute Gasteiger partial charge is 0.399 e. The normalized spacial score (nSPS) is 11.5. The van der Waals surface area contributed by atoms with Gasteiger partial charge in [-0.3, -0.25) is 4.98 Å². The fraction of sp³-hybridized carbons (Fsp3) is 0.200. The lowest BCUT2D eigenvalue weighted by molar-refractivity contribution is 0.333. The van der Waals surface area contributed by atoms with Crippen LogP contribution in [0.3, 0.4) is 0 Å². The van der Waals surface area contributed by atoms with Crippen molar-refractivity contribution in [1.82, 2.24) is 20.1 Å². The van der Waals surface area contributed by atoms with E-state index >= 15 is 0 Å². The smallest absolute Gasteiger partial charge is 0.237 e. The van der Waals surface area contributed by atoms with E-state index in [2.05, 4.69) is 20.1 Å². The van der Waals surface area contributed by atoms with E-state index in [1.54, 1.807) is 18.6 Å². The first kappa shape index (κ1) is 13.2. The Balaban J connectivity index is 1.97. The maximum absolute atomic E-state index is 5.72. The Hall–Kier alpha value is -2.76. The van der Waals surface area contributed by atoms with Crippen molar-refractivity contribution in [3.63, 3.8) is 0 Å². The van der Waals surface area contributed by atoms with Crippen LogP contribution in [0, 0.1) is 0 Å². The number of rotatable bonds is 3. The number of aromatic nitrogens is 4. The predicted octanol–water partition coefficient (Wildman–Crippen LogP) is 2.43. The minimum absolute atomic E-state index is 0.416. The zero-order valence-corrected chi connectivity index (χ0v) is 11.8. The highest BCUT2D eigenvalue weighted by Crippen LogP contribution is 2.31. The standard InChI is InChI=1S/C15H15N5O/c1-15(2,10-3-5-11(16)6-4-10)14-19-13(20-21-14)12-9-17-7-8-18-12/h3-9H,16H2,1-2H3. The van der Waals surface area contributed by atoms with Crippen LogP contribution in [0.5, 0.6) is 0 Å². The summed E-state index contributed by atoms with van der Waals surface area (Å²) >= 11 is 0. The molecule has 0 amide bonds. The number of benzene rings is 1. The summed E-state index contributed by atoms with van der Waals surface area (Å²) in [6.45, 7) is 4.04. The number of nitrogens with zero attached hydrogens (tertiary/aromatic N) is 4. The van der Waals surface area contributed by atoms with Crippen LogP contribution in [0.4, 0.5) is 5.69 Å². The van der Waals surface area contributed by atoms with E-state index in [1.165, 1.54) is 0 Å². The van der Waals surface area contributed by atoms with Gasteiger partial charge in [-0.15, -0.1) is 0 Å². The average molecular weight is 281 g/mol. The topological polar surface area (TPSA) is 90.7 Å². The SMILES string of the molecule is CC(C)(c1ccc(N)cc1)c1nc(-c2cnccn2)no1. The van der Waals surface area contributed by atoms with E-state index in [-0.39, 0.29) is 0 Å². The zero-order chi connectivity index (χ0) is 14.9. The first-order valence-electron chi connectivity index (χ1n) is 6.54. The van der Waals surface area contributed by atoms with Crippen molar-refractivity contribution < 1.29 is 4.52 Å². The van der Waals surface area contributed by atoms with Gasteiger partial charge in [0.05, 0.1) is 11.6 Å². The highest BCUT2D eigenvalue weighted by molar-refractivity contribution is 5.47. The molecule has 0 saturated carbocycles. The van der Waals surface area contributed by atoms with Crippen LogP contribution in [-0.4, -0.2) is 20.1 Å². The van der Waals surface area contributed by atoms with Crippen molar-refractivity contribution in [2.75, 3.05) is 5.73 Å².